The minimum Gasteiger partial charge on any atom is -0.497 e. The van der Waals surface area contributed by atoms with Crippen molar-refractivity contribution in [2.24, 2.45) is 0 Å². The predicted octanol–water partition coefficient (Wildman–Crippen LogP) is 4.85. The maximum Gasteiger partial charge on any atom is 0.418 e. The predicted molar refractivity (Wildman–Crippen MR) is 100 cm³/mol. The molecule has 0 radical (unpaired) electrons. The summed E-state index contributed by atoms with van der Waals surface area (Å²) in [6.07, 6.45) is -4.52. The Kier molecular flexibility index (Phi) is 7.41. The van der Waals surface area contributed by atoms with E-state index in [1.165, 1.54) is 30.0 Å². The van der Waals surface area contributed by atoms with Crippen molar-refractivity contribution < 1.29 is 27.4 Å². The third-order valence-corrected chi connectivity index (χ3v) is 4.76. The summed E-state index contributed by atoms with van der Waals surface area (Å²) in [7, 11) is 1.58. The molecule has 0 saturated heterocycles. The minimum atomic E-state index is -4.52. The Labute approximate surface area is 160 Å². The summed E-state index contributed by atoms with van der Waals surface area (Å²) < 4.78 is 49.5. The van der Waals surface area contributed by atoms with Gasteiger partial charge in [0.05, 0.1) is 30.2 Å². The topological polar surface area (TPSA) is 47.6 Å². The van der Waals surface area contributed by atoms with E-state index < -0.39 is 22.9 Å². The average molecular weight is 399 g/mol. The first-order chi connectivity index (χ1) is 12.8. The molecule has 1 unspecified atom stereocenters. The minimum absolute atomic E-state index is 0.239. The summed E-state index contributed by atoms with van der Waals surface area (Å²) in [5.41, 5.74) is -1.10. The van der Waals surface area contributed by atoms with Crippen molar-refractivity contribution in [2.75, 3.05) is 24.8 Å². The molecule has 2 aromatic rings. The second-order valence-corrected chi connectivity index (χ2v) is 7.02. The maximum atomic E-state index is 13.0. The van der Waals surface area contributed by atoms with Gasteiger partial charge in [0.1, 0.15) is 11.5 Å². The summed E-state index contributed by atoms with van der Waals surface area (Å²) >= 11 is 1.30. The highest BCUT2D eigenvalue weighted by atomic mass is 32.2. The van der Waals surface area contributed by atoms with Crippen LogP contribution in [0.4, 0.5) is 18.9 Å². The molecule has 0 aromatic heterocycles. The number of carbonyl (C=O) groups is 1. The molecule has 0 saturated carbocycles. The summed E-state index contributed by atoms with van der Waals surface area (Å²) in [5.74, 6) is 1.43. The largest absolute Gasteiger partial charge is 0.497 e. The van der Waals surface area contributed by atoms with Gasteiger partial charge in [0.2, 0.25) is 5.91 Å². The molecule has 1 atom stereocenters. The van der Waals surface area contributed by atoms with Crippen LogP contribution in [0.25, 0.3) is 0 Å². The molecule has 0 fully saturated rings. The Bertz CT molecular complexity index is 751. The molecule has 0 heterocycles. The third kappa shape index (κ3) is 6.39. The zero-order valence-electron chi connectivity index (χ0n) is 14.9. The zero-order chi connectivity index (χ0) is 19.9. The number of halogens is 3. The van der Waals surface area contributed by atoms with Crippen LogP contribution < -0.4 is 14.8 Å². The number of alkyl halides is 3. The highest BCUT2D eigenvalue weighted by Crippen LogP contribution is 2.34. The summed E-state index contributed by atoms with van der Waals surface area (Å²) in [6, 6.07) is 12.0. The first kappa shape index (κ1) is 21.0. The molecule has 0 spiro atoms. The van der Waals surface area contributed by atoms with E-state index in [1.807, 2.05) is 0 Å². The van der Waals surface area contributed by atoms with Gasteiger partial charge < -0.3 is 14.8 Å². The molecule has 27 heavy (non-hydrogen) atoms. The smallest absolute Gasteiger partial charge is 0.418 e. The SMILES string of the molecule is COc1ccc(OCCSC(C)C(=O)Nc2ccccc2C(F)(F)F)cc1. The lowest BCUT2D eigenvalue weighted by atomic mass is 10.1. The second kappa shape index (κ2) is 9.55. The number of methoxy groups -OCH3 is 1. The van der Waals surface area contributed by atoms with Gasteiger partial charge in [0.15, 0.2) is 0 Å². The molecule has 1 N–H and O–H groups in total. The molecule has 0 aliphatic carbocycles. The second-order valence-electron chi connectivity index (χ2n) is 5.57. The van der Waals surface area contributed by atoms with Gasteiger partial charge in [0, 0.05) is 5.75 Å². The fourth-order valence-corrected chi connectivity index (χ4v) is 2.95. The van der Waals surface area contributed by atoms with E-state index in [0.29, 0.717) is 18.1 Å². The van der Waals surface area contributed by atoms with Gasteiger partial charge in [-0.3, -0.25) is 4.79 Å². The third-order valence-electron chi connectivity index (χ3n) is 3.64. The molecular weight excluding hydrogens is 379 g/mol. The Morgan fingerprint density at radius 2 is 1.74 bits per heavy atom. The molecule has 8 heteroatoms. The molecular formula is C19H20F3NO3S. The molecule has 146 valence electrons. The van der Waals surface area contributed by atoms with Crippen LogP contribution >= 0.6 is 11.8 Å². The van der Waals surface area contributed by atoms with Crippen LogP contribution in [0.2, 0.25) is 0 Å². The standard InChI is InChI=1S/C19H20F3NO3S/c1-13(27-12-11-26-15-9-7-14(25-2)8-10-15)18(24)23-17-6-4-3-5-16(17)19(20,21)22/h3-10,13H,11-12H2,1-2H3,(H,23,24). The number of carbonyl (C=O) groups excluding carboxylic acids is 1. The number of benzene rings is 2. The summed E-state index contributed by atoms with van der Waals surface area (Å²) in [6.45, 7) is 2.01. The Balaban J connectivity index is 1.80. The van der Waals surface area contributed by atoms with E-state index in [-0.39, 0.29) is 5.69 Å². The van der Waals surface area contributed by atoms with Gasteiger partial charge in [-0.05, 0) is 43.3 Å². The van der Waals surface area contributed by atoms with Crippen LogP contribution in [0.15, 0.2) is 48.5 Å². The maximum absolute atomic E-state index is 13.0. The molecule has 2 rings (SSSR count). The van der Waals surface area contributed by atoms with Gasteiger partial charge in [0.25, 0.3) is 0 Å². The van der Waals surface area contributed by atoms with Crippen molar-refractivity contribution in [2.45, 2.75) is 18.3 Å². The van der Waals surface area contributed by atoms with E-state index in [1.54, 1.807) is 38.3 Å². The number of ether oxygens (including phenoxy) is 2. The zero-order valence-corrected chi connectivity index (χ0v) is 15.7. The van der Waals surface area contributed by atoms with Crippen LogP contribution in [-0.2, 0) is 11.0 Å². The van der Waals surface area contributed by atoms with Gasteiger partial charge in [-0.15, -0.1) is 11.8 Å². The van der Waals surface area contributed by atoms with E-state index in [4.69, 9.17) is 9.47 Å². The number of hydrogen-bond acceptors (Lipinski definition) is 4. The van der Waals surface area contributed by atoms with Gasteiger partial charge >= 0.3 is 6.18 Å². The van der Waals surface area contributed by atoms with Crippen LogP contribution in [0, 0.1) is 0 Å². The van der Waals surface area contributed by atoms with Crippen molar-refractivity contribution in [3.05, 3.63) is 54.1 Å². The Hall–Kier alpha value is -2.35. The molecule has 0 bridgehead atoms. The summed E-state index contributed by atoms with van der Waals surface area (Å²) in [5, 5.41) is 1.83. The number of hydrogen-bond donors (Lipinski definition) is 1. The Morgan fingerprint density at radius 1 is 1.11 bits per heavy atom. The highest BCUT2D eigenvalue weighted by Gasteiger charge is 2.33. The van der Waals surface area contributed by atoms with Crippen molar-refractivity contribution in [1.82, 2.24) is 0 Å². The number of para-hydroxylation sites is 1. The molecule has 4 nitrogen and oxygen atoms in total. The summed E-state index contributed by atoms with van der Waals surface area (Å²) in [4.78, 5) is 12.2. The lowest BCUT2D eigenvalue weighted by Crippen LogP contribution is -2.25. The number of rotatable bonds is 8. The van der Waals surface area contributed by atoms with E-state index in [9.17, 15) is 18.0 Å². The number of nitrogens with one attached hydrogen (secondary N) is 1. The normalized spacial score (nSPS) is 12.3. The van der Waals surface area contributed by atoms with Crippen LogP contribution in [0.3, 0.4) is 0 Å². The lowest BCUT2D eigenvalue weighted by Gasteiger charge is -2.16. The van der Waals surface area contributed by atoms with Crippen molar-refractivity contribution >= 4 is 23.4 Å². The van der Waals surface area contributed by atoms with Crippen molar-refractivity contribution in [3.8, 4) is 11.5 Å². The first-order valence-corrected chi connectivity index (χ1v) is 9.21. The van der Waals surface area contributed by atoms with Gasteiger partial charge in [-0.1, -0.05) is 12.1 Å². The fraction of sp³-hybridized carbons (Fsp3) is 0.316. The quantitative estimate of drug-likeness (QED) is 0.645. The van der Waals surface area contributed by atoms with Crippen LogP contribution in [-0.4, -0.2) is 30.6 Å². The highest BCUT2D eigenvalue weighted by molar-refractivity contribution is 8.00. The molecule has 2 aromatic carbocycles. The molecule has 1 amide bonds. The number of amides is 1. The van der Waals surface area contributed by atoms with Gasteiger partial charge in [-0.2, -0.15) is 13.2 Å². The van der Waals surface area contributed by atoms with Crippen LogP contribution in [0.1, 0.15) is 12.5 Å². The molecule has 0 aliphatic heterocycles. The average Bonchev–Trinajstić information content (AvgIpc) is 2.65. The van der Waals surface area contributed by atoms with Gasteiger partial charge in [-0.25, -0.2) is 0 Å². The van der Waals surface area contributed by atoms with E-state index >= 15 is 0 Å². The Morgan fingerprint density at radius 3 is 2.37 bits per heavy atom. The molecule has 0 aliphatic rings. The van der Waals surface area contributed by atoms with E-state index in [2.05, 4.69) is 5.32 Å². The fourth-order valence-electron chi connectivity index (χ4n) is 2.21. The van der Waals surface area contributed by atoms with Crippen molar-refractivity contribution in [3.63, 3.8) is 0 Å². The van der Waals surface area contributed by atoms with Crippen LogP contribution in [0.5, 0.6) is 11.5 Å². The van der Waals surface area contributed by atoms with E-state index in [0.717, 1.165) is 11.8 Å². The lowest BCUT2D eigenvalue weighted by molar-refractivity contribution is -0.137. The number of thioether (sulfide) groups is 1. The van der Waals surface area contributed by atoms with Crippen molar-refractivity contribution in [1.29, 1.82) is 0 Å². The number of anilines is 1. The first-order valence-electron chi connectivity index (χ1n) is 8.17. The monoisotopic (exact) mass is 399 g/mol.